The molecule has 0 heterocycles. The van der Waals surface area contributed by atoms with Gasteiger partial charge in [-0.15, -0.1) is 0 Å². The molecule has 1 nitrogen and oxygen atoms in total. The van der Waals surface area contributed by atoms with Crippen molar-refractivity contribution in [2.45, 2.75) is 34.5 Å². The van der Waals surface area contributed by atoms with Gasteiger partial charge < -0.3 is 4.18 Å². The van der Waals surface area contributed by atoms with Gasteiger partial charge in [0.15, 0.2) is 0 Å². The quantitative estimate of drug-likeness (QED) is 0.420. The highest BCUT2D eigenvalue weighted by Gasteiger charge is 2.31. The van der Waals surface area contributed by atoms with Crippen LogP contribution in [0.1, 0.15) is 19.8 Å². The molecule has 0 radical (unpaired) electrons. The summed E-state index contributed by atoms with van der Waals surface area (Å²) in [6.45, 7) is 2.97. The van der Waals surface area contributed by atoms with Crippen LogP contribution < -0.4 is 0 Å². The van der Waals surface area contributed by atoms with Gasteiger partial charge >= 0.3 is 0 Å². The first-order valence-corrected chi connectivity index (χ1v) is 10.1. The fourth-order valence-corrected chi connectivity index (χ4v) is 5.99. The molecule has 3 heteroatoms. The summed E-state index contributed by atoms with van der Waals surface area (Å²) in [6.07, 6.45) is 2.20. The van der Waals surface area contributed by atoms with Gasteiger partial charge in [0.05, 0.1) is 6.61 Å². The Bertz CT molecular complexity index is 635. The molecule has 0 saturated carbocycles. The number of benzene rings is 3. The standard InChI is InChI=1S/C22H24OS.FH/c1-2-3-19-23-24(20-13-7-4-8-14-20,21-15-9-5-10-16-21)22-17-11-6-12-18-22;/h4-18H,2-3,19H2,1H3;1H. The van der Waals surface area contributed by atoms with Crippen molar-refractivity contribution in [2.75, 3.05) is 6.61 Å². The van der Waals surface area contributed by atoms with E-state index in [-0.39, 0.29) is 4.70 Å². The van der Waals surface area contributed by atoms with Crippen molar-refractivity contribution >= 4 is 10.3 Å². The molecule has 3 rings (SSSR count). The van der Waals surface area contributed by atoms with Crippen LogP contribution in [0.15, 0.2) is 106 Å². The number of hydrogen-bond donors (Lipinski definition) is 0. The Morgan fingerprint density at radius 1 is 0.640 bits per heavy atom. The first kappa shape index (κ1) is 19.2. The maximum Gasteiger partial charge on any atom is 0.0605 e. The fourth-order valence-electron chi connectivity index (χ4n) is 2.78. The molecule has 0 bridgehead atoms. The molecule has 0 saturated heterocycles. The molecule has 132 valence electrons. The number of unbranched alkanes of at least 4 members (excludes halogenated alkanes) is 1. The molecule has 0 unspecified atom stereocenters. The average Bonchev–Trinajstić information content (AvgIpc) is 2.68. The molecule has 0 amide bonds. The lowest BCUT2D eigenvalue weighted by atomic mass is 10.4. The summed E-state index contributed by atoms with van der Waals surface area (Å²) in [5.74, 6) is 0. The zero-order chi connectivity index (χ0) is 16.7. The van der Waals surface area contributed by atoms with E-state index in [2.05, 4.69) is 97.9 Å². The van der Waals surface area contributed by atoms with E-state index < -0.39 is 10.3 Å². The van der Waals surface area contributed by atoms with Gasteiger partial charge in [-0.2, -0.15) is 0 Å². The maximum absolute atomic E-state index is 6.71. The van der Waals surface area contributed by atoms with Crippen molar-refractivity contribution in [1.29, 1.82) is 0 Å². The number of hydrogen-bond acceptors (Lipinski definition) is 1. The van der Waals surface area contributed by atoms with Gasteiger partial charge in [0, 0.05) is 14.7 Å². The summed E-state index contributed by atoms with van der Waals surface area (Å²) in [5.41, 5.74) is 0. The topological polar surface area (TPSA) is 9.23 Å². The number of halogens is 1. The largest absolute Gasteiger partial charge is 0.324 e. The van der Waals surface area contributed by atoms with E-state index in [1.165, 1.54) is 14.7 Å². The van der Waals surface area contributed by atoms with Gasteiger partial charge in [0.1, 0.15) is 0 Å². The minimum atomic E-state index is -1.70. The Morgan fingerprint density at radius 3 is 1.32 bits per heavy atom. The third kappa shape index (κ3) is 4.12. The van der Waals surface area contributed by atoms with Crippen LogP contribution in [0, 0.1) is 0 Å². The summed E-state index contributed by atoms with van der Waals surface area (Å²) < 4.78 is 6.71. The second kappa shape index (κ2) is 9.40. The van der Waals surface area contributed by atoms with Crippen LogP contribution in [-0.4, -0.2) is 6.61 Å². The second-order valence-electron chi connectivity index (χ2n) is 5.67. The van der Waals surface area contributed by atoms with Crippen LogP contribution in [0.5, 0.6) is 0 Å². The minimum absolute atomic E-state index is 0. The van der Waals surface area contributed by atoms with Crippen molar-refractivity contribution in [3.8, 4) is 0 Å². The summed E-state index contributed by atoms with van der Waals surface area (Å²) in [6, 6.07) is 32.0. The molecule has 0 aliphatic heterocycles. The van der Waals surface area contributed by atoms with Crippen LogP contribution in [-0.2, 0) is 4.18 Å². The van der Waals surface area contributed by atoms with E-state index in [0.29, 0.717) is 0 Å². The molecule has 3 aromatic carbocycles. The number of rotatable bonds is 7. The highest BCUT2D eigenvalue weighted by atomic mass is 32.3. The van der Waals surface area contributed by atoms with Crippen molar-refractivity contribution in [1.82, 2.24) is 0 Å². The van der Waals surface area contributed by atoms with Crippen LogP contribution in [0.25, 0.3) is 0 Å². The Kier molecular flexibility index (Phi) is 7.23. The third-order valence-corrected chi connectivity index (χ3v) is 7.31. The summed E-state index contributed by atoms with van der Waals surface area (Å²) in [5, 5.41) is 0. The van der Waals surface area contributed by atoms with Crippen LogP contribution >= 0.6 is 10.3 Å². The van der Waals surface area contributed by atoms with Crippen molar-refractivity contribution < 1.29 is 8.89 Å². The van der Waals surface area contributed by atoms with Gasteiger partial charge in [0.2, 0.25) is 0 Å². The molecule has 0 aliphatic carbocycles. The lowest BCUT2D eigenvalue weighted by Crippen LogP contribution is -2.09. The molecule has 25 heavy (non-hydrogen) atoms. The molecule has 3 aromatic rings. The van der Waals surface area contributed by atoms with Crippen molar-refractivity contribution in [2.24, 2.45) is 0 Å². The molecule has 0 aliphatic rings. The zero-order valence-corrected chi connectivity index (χ0v) is 15.3. The Balaban J connectivity index is 0.00000225. The van der Waals surface area contributed by atoms with Gasteiger partial charge in [-0.05, 0) is 42.8 Å². The Morgan fingerprint density at radius 2 is 1.00 bits per heavy atom. The first-order valence-electron chi connectivity index (χ1n) is 8.51. The highest BCUT2D eigenvalue weighted by Crippen LogP contribution is 2.68. The van der Waals surface area contributed by atoms with Gasteiger partial charge in [0.25, 0.3) is 0 Å². The highest BCUT2D eigenvalue weighted by molar-refractivity contribution is 8.30. The van der Waals surface area contributed by atoms with Crippen LogP contribution in [0.4, 0.5) is 4.70 Å². The third-order valence-electron chi connectivity index (χ3n) is 3.98. The van der Waals surface area contributed by atoms with E-state index in [1.807, 2.05) is 0 Å². The van der Waals surface area contributed by atoms with E-state index in [1.54, 1.807) is 0 Å². The van der Waals surface area contributed by atoms with E-state index in [9.17, 15) is 0 Å². The maximum atomic E-state index is 6.71. The molecule has 0 aromatic heterocycles. The lowest BCUT2D eigenvalue weighted by Gasteiger charge is -2.40. The van der Waals surface area contributed by atoms with Crippen LogP contribution in [0.2, 0.25) is 0 Å². The minimum Gasteiger partial charge on any atom is -0.324 e. The van der Waals surface area contributed by atoms with Crippen LogP contribution in [0.3, 0.4) is 0 Å². The van der Waals surface area contributed by atoms with Crippen molar-refractivity contribution in [3.05, 3.63) is 91.0 Å². The SMILES string of the molecule is CCCCOS(c1ccccc1)(c1ccccc1)c1ccccc1.F. The predicted molar refractivity (Wildman–Crippen MR) is 105 cm³/mol. The molecule has 0 fully saturated rings. The summed E-state index contributed by atoms with van der Waals surface area (Å²) in [7, 11) is -1.70. The molecule has 0 atom stereocenters. The van der Waals surface area contributed by atoms with E-state index >= 15 is 0 Å². The Labute approximate surface area is 151 Å². The predicted octanol–water partition coefficient (Wildman–Crippen LogP) is 6.85. The first-order chi connectivity index (χ1) is 11.9. The van der Waals surface area contributed by atoms with E-state index in [0.717, 1.165) is 19.4 Å². The second-order valence-corrected chi connectivity index (χ2v) is 8.43. The Hall–Kier alpha value is -2.10. The average molecular weight is 357 g/mol. The molecule has 0 spiro atoms. The fraction of sp³-hybridized carbons (Fsp3) is 0.182. The monoisotopic (exact) mass is 356 g/mol. The smallest absolute Gasteiger partial charge is 0.0605 e. The normalized spacial score (nSPS) is 11.6. The zero-order valence-electron chi connectivity index (χ0n) is 14.5. The summed E-state index contributed by atoms with van der Waals surface area (Å²) >= 11 is 0. The molecular weight excluding hydrogens is 331 g/mol. The summed E-state index contributed by atoms with van der Waals surface area (Å²) in [4.78, 5) is 3.75. The van der Waals surface area contributed by atoms with E-state index in [4.69, 9.17) is 4.18 Å². The molecule has 0 N–H and O–H groups in total. The van der Waals surface area contributed by atoms with Gasteiger partial charge in [-0.1, -0.05) is 78.3 Å². The van der Waals surface area contributed by atoms with Gasteiger partial charge in [-0.3, -0.25) is 4.70 Å². The lowest BCUT2D eigenvalue weighted by molar-refractivity contribution is 0.344. The molecular formula is C22H25FOS. The van der Waals surface area contributed by atoms with Gasteiger partial charge in [-0.25, -0.2) is 0 Å². The van der Waals surface area contributed by atoms with Crippen molar-refractivity contribution in [3.63, 3.8) is 0 Å².